The van der Waals surface area contributed by atoms with Crippen molar-refractivity contribution < 1.29 is 31.3 Å². The first-order valence-electron chi connectivity index (χ1n) is 9.57. The summed E-state index contributed by atoms with van der Waals surface area (Å²) < 4.78 is 40.5. The molecule has 1 heterocycles. The molecule has 0 radical (unpaired) electrons. The largest absolute Gasteiger partial charge is 0.726 e. The molecule has 0 fully saturated rings. The standard InChI is InChI=1S/C18H31N2O2.CH4O4S/c1-4-6-7-8-9-10-11-12-17(22-18(21)5-2)15-20-14-13-19(3)16-20;1-5-6(2,3)4/h5,13-14,16-17H,2,4,6-12,15H2,1,3H3;1H3,(H,2,3,4)/q+1;/p-1. The summed E-state index contributed by atoms with van der Waals surface area (Å²) in [6.45, 7) is 6.42. The van der Waals surface area contributed by atoms with Crippen molar-refractivity contribution in [1.29, 1.82) is 0 Å². The molecule has 0 saturated heterocycles. The Morgan fingerprint density at radius 1 is 1.25 bits per heavy atom. The molecule has 1 aromatic heterocycles. The molecule has 0 saturated carbocycles. The molecule has 0 spiro atoms. The number of imidazole rings is 1. The molecular formula is C19H34N2O6S. The van der Waals surface area contributed by atoms with E-state index in [1.807, 2.05) is 30.3 Å². The molecule has 0 aliphatic carbocycles. The third-order valence-corrected chi connectivity index (χ3v) is 4.43. The molecular weight excluding hydrogens is 384 g/mol. The predicted octanol–water partition coefficient (Wildman–Crippen LogP) is 2.64. The second kappa shape index (κ2) is 15.2. The zero-order chi connectivity index (χ0) is 21.4. The van der Waals surface area contributed by atoms with Gasteiger partial charge in [0.15, 0.2) is 0 Å². The molecule has 0 N–H and O–H groups in total. The Bertz CT molecular complexity index is 657. The molecule has 28 heavy (non-hydrogen) atoms. The van der Waals surface area contributed by atoms with Crippen molar-refractivity contribution in [2.45, 2.75) is 70.9 Å². The van der Waals surface area contributed by atoms with E-state index in [4.69, 9.17) is 4.74 Å². The van der Waals surface area contributed by atoms with Gasteiger partial charge in [0.05, 0.1) is 14.2 Å². The number of nitrogens with zero attached hydrogens (tertiary/aromatic N) is 2. The maximum absolute atomic E-state index is 11.5. The van der Waals surface area contributed by atoms with Crippen LogP contribution in [0.15, 0.2) is 31.4 Å². The number of hydrogen-bond acceptors (Lipinski definition) is 6. The van der Waals surface area contributed by atoms with Crippen LogP contribution in [-0.2, 0) is 37.7 Å². The fourth-order valence-corrected chi connectivity index (χ4v) is 2.57. The van der Waals surface area contributed by atoms with Gasteiger partial charge >= 0.3 is 5.97 Å². The van der Waals surface area contributed by atoms with Gasteiger partial charge in [-0.05, 0) is 12.8 Å². The lowest BCUT2D eigenvalue weighted by Gasteiger charge is -2.15. The van der Waals surface area contributed by atoms with Crippen LogP contribution < -0.4 is 4.57 Å². The summed E-state index contributed by atoms with van der Waals surface area (Å²) in [6.07, 6.45) is 16.9. The van der Waals surface area contributed by atoms with E-state index in [2.05, 4.69) is 22.3 Å². The average molecular weight is 419 g/mol. The summed E-state index contributed by atoms with van der Waals surface area (Å²) in [5.74, 6) is -0.329. The number of esters is 1. The molecule has 8 nitrogen and oxygen atoms in total. The molecule has 162 valence electrons. The second-order valence-electron chi connectivity index (χ2n) is 6.52. The van der Waals surface area contributed by atoms with Gasteiger partial charge in [-0.1, -0.05) is 52.0 Å². The Kier molecular flexibility index (Phi) is 14.3. The maximum atomic E-state index is 11.5. The third kappa shape index (κ3) is 15.4. The summed E-state index contributed by atoms with van der Waals surface area (Å²) in [5, 5.41) is 0. The molecule has 1 rings (SSSR count). The number of hydrogen-bond donors (Lipinski definition) is 0. The smallest absolute Gasteiger partial charge is 0.330 e. The van der Waals surface area contributed by atoms with E-state index in [0.717, 1.165) is 20.0 Å². The van der Waals surface area contributed by atoms with Crippen molar-refractivity contribution in [3.8, 4) is 0 Å². The average Bonchev–Trinajstić information content (AvgIpc) is 3.05. The van der Waals surface area contributed by atoms with Gasteiger partial charge in [0.2, 0.25) is 16.7 Å². The number of unbranched alkanes of at least 4 members (excludes halogenated alkanes) is 6. The van der Waals surface area contributed by atoms with Gasteiger partial charge in [-0.15, -0.1) is 0 Å². The molecule has 0 amide bonds. The van der Waals surface area contributed by atoms with Crippen molar-refractivity contribution in [3.63, 3.8) is 0 Å². The van der Waals surface area contributed by atoms with Gasteiger partial charge < -0.3 is 9.29 Å². The van der Waals surface area contributed by atoms with Gasteiger partial charge in [-0.25, -0.2) is 22.3 Å². The van der Waals surface area contributed by atoms with Crippen LogP contribution in [0.5, 0.6) is 0 Å². The summed E-state index contributed by atoms with van der Waals surface area (Å²) in [4.78, 5) is 11.5. The number of carbonyl (C=O) groups excluding carboxylic acids is 1. The molecule has 0 bridgehead atoms. The first-order valence-corrected chi connectivity index (χ1v) is 10.9. The van der Waals surface area contributed by atoms with E-state index in [0.29, 0.717) is 6.54 Å². The number of rotatable bonds is 13. The van der Waals surface area contributed by atoms with E-state index in [-0.39, 0.29) is 12.1 Å². The fourth-order valence-electron chi connectivity index (χ4n) is 2.57. The van der Waals surface area contributed by atoms with Crippen molar-refractivity contribution in [2.24, 2.45) is 7.05 Å². The Morgan fingerprint density at radius 3 is 2.29 bits per heavy atom. The number of aryl methyl sites for hydroxylation is 1. The molecule has 9 heteroatoms. The molecule has 1 unspecified atom stereocenters. The SMILES string of the molecule is C=CC(=O)OC(CCCCCCCCC)Cn1cc[n+](C)c1.COS(=O)(=O)[O-]. The van der Waals surface area contributed by atoms with Gasteiger partial charge in [0.1, 0.15) is 25.0 Å². The molecule has 1 atom stereocenters. The van der Waals surface area contributed by atoms with Crippen LogP contribution >= 0.6 is 0 Å². The minimum Gasteiger partial charge on any atom is -0.726 e. The van der Waals surface area contributed by atoms with Crippen molar-refractivity contribution in [1.82, 2.24) is 4.57 Å². The van der Waals surface area contributed by atoms with Crippen LogP contribution in [0.3, 0.4) is 0 Å². The Balaban J connectivity index is 0.00000105. The molecule has 0 aromatic carbocycles. The van der Waals surface area contributed by atoms with Crippen molar-refractivity contribution in [2.75, 3.05) is 7.11 Å². The Morgan fingerprint density at radius 2 is 1.82 bits per heavy atom. The third-order valence-electron chi connectivity index (χ3n) is 4.02. The minimum absolute atomic E-state index is 0.0754. The second-order valence-corrected chi connectivity index (χ2v) is 7.67. The van der Waals surface area contributed by atoms with Gasteiger partial charge in [0, 0.05) is 6.08 Å². The highest BCUT2D eigenvalue weighted by molar-refractivity contribution is 7.80. The first-order chi connectivity index (χ1) is 13.2. The summed E-state index contributed by atoms with van der Waals surface area (Å²) >= 11 is 0. The summed E-state index contributed by atoms with van der Waals surface area (Å²) in [7, 11) is -1.62. The molecule has 1 aromatic rings. The van der Waals surface area contributed by atoms with Crippen LogP contribution in [-0.4, -0.2) is 36.7 Å². The van der Waals surface area contributed by atoms with Crippen LogP contribution in [0.4, 0.5) is 0 Å². The normalized spacial score (nSPS) is 12.0. The van der Waals surface area contributed by atoms with Gasteiger partial charge in [0.25, 0.3) is 0 Å². The van der Waals surface area contributed by atoms with E-state index < -0.39 is 10.4 Å². The predicted molar refractivity (Wildman–Crippen MR) is 105 cm³/mol. The van der Waals surface area contributed by atoms with Crippen LogP contribution in [0, 0.1) is 0 Å². The number of carbonyl (C=O) groups is 1. The lowest BCUT2D eigenvalue weighted by molar-refractivity contribution is -0.671. The van der Waals surface area contributed by atoms with Crippen LogP contribution in [0.2, 0.25) is 0 Å². The number of aromatic nitrogens is 2. The Labute approximate surface area is 169 Å². The minimum atomic E-state index is -4.41. The van der Waals surface area contributed by atoms with Crippen LogP contribution in [0.25, 0.3) is 0 Å². The van der Waals surface area contributed by atoms with Crippen LogP contribution in [0.1, 0.15) is 58.3 Å². The van der Waals surface area contributed by atoms with E-state index in [1.54, 1.807) is 0 Å². The zero-order valence-corrected chi connectivity index (χ0v) is 18.0. The molecule has 0 aliphatic rings. The highest BCUT2D eigenvalue weighted by Gasteiger charge is 2.16. The monoisotopic (exact) mass is 418 g/mol. The van der Waals surface area contributed by atoms with Gasteiger partial charge in [-0.2, -0.15) is 0 Å². The highest BCUT2D eigenvalue weighted by Crippen LogP contribution is 2.13. The van der Waals surface area contributed by atoms with Gasteiger partial charge in [-0.3, -0.25) is 4.18 Å². The summed E-state index contributed by atoms with van der Waals surface area (Å²) in [6, 6.07) is 0. The van der Waals surface area contributed by atoms with E-state index >= 15 is 0 Å². The lowest BCUT2D eigenvalue weighted by atomic mass is 10.1. The highest BCUT2D eigenvalue weighted by atomic mass is 32.3. The quantitative estimate of drug-likeness (QED) is 0.122. The van der Waals surface area contributed by atoms with E-state index in [9.17, 15) is 17.8 Å². The molecule has 0 aliphatic heterocycles. The fraction of sp³-hybridized carbons (Fsp3) is 0.684. The number of ether oxygens (including phenoxy) is 1. The van der Waals surface area contributed by atoms with Crippen molar-refractivity contribution in [3.05, 3.63) is 31.4 Å². The Hall–Kier alpha value is -1.71. The first kappa shape index (κ1) is 26.3. The topological polar surface area (TPSA) is 102 Å². The van der Waals surface area contributed by atoms with Crippen molar-refractivity contribution >= 4 is 16.4 Å². The summed E-state index contributed by atoms with van der Waals surface area (Å²) in [5.41, 5.74) is 0. The van der Waals surface area contributed by atoms with E-state index in [1.165, 1.54) is 44.6 Å². The lowest BCUT2D eigenvalue weighted by Crippen LogP contribution is -2.26. The maximum Gasteiger partial charge on any atom is 0.330 e. The zero-order valence-electron chi connectivity index (χ0n) is 17.2.